The molecule has 2 rings (SSSR count). The van der Waals surface area contributed by atoms with E-state index < -0.39 is 0 Å². The Morgan fingerprint density at radius 1 is 1.27 bits per heavy atom. The van der Waals surface area contributed by atoms with Crippen LogP contribution in [0, 0.1) is 0 Å². The molecule has 1 heterocycles. The quantitative estimate of drug-likeness (QED) is 0.834. The van der Waals surface area contributed by atoms with Crippen molar-refractivity contribution in [3.05, 3.63) is 29.8 Å². The summed E-state index contributed by atoms with van der Waals surface area (Å²) < 4.78 is 0. The summed E-state index contributed by atoms with van der Waals surface area (Å²) in [5.74, 6) is 3.19. The van der Waals surface area contributed by atoms with Crippen LogP contribution in [0.1, 0.15) is 31.7 Å². The highest BCUT2D eigenvalue weighted by atomic mass is 32.2. The SMILES string of the molecule is CC(C)c1ccc(NC2CCSC2)cc1. The van der Waals surface area contributed by atoms with Gasteiger partial charge < -0.3 is 5.32 Å². The lowest BCUT2D eigenvalue weighted by atomic mass is 10.0. The van der Waals surface area contributed by atoms with E-state index in [1.165, 1.54) is 29.2 Å². The minimum atomic E-state index is 0.626. The topological polar surface area (TPSA) is 12.0 Å². The second-order valence-corrected chi connectivity index (χ2v) is 5.63. The number of hydrogen-bond acceptors (Lipinski definition) is 2. The van der Waals surface area contributed by atoms with Crippen LogP contribution >= 0.6 is 11.8 Å². The van der Waals surface area contributed by atoms with Crippen LogP contribution < -0.4 is 5.32 Å². The Labute approximate surface area is 96.7 Å². The van der Waals surface area contributed by atoms with Gasteiger partial charge in [0.25, 0.3) is 0 Å². The second kappa shape index (κ2) is 4.93. The van der Waals surface area contributed by atoms with Gasteiger partial charge in [0.05, 0.1) is 0 Å². The van der Waals surface area contributed by atoms with Gasteiger partial charge in [-0.2, -0.15) is 11.8 Å². The second-order valence-electron chi connectivity index (χ2n) is 4.48. The van der Waals surface area contributed by atoms with Gasteiger partial charge in [0, 0.05) is 17.5 Å². The summed E-state index contributed by atoms with van der Waals surface area (Å²) in [7, 11) is 0. The normalized spacial score (nSPS) is 20.9. The number of nitrogens with one attached hydrogen (secondary N) is 1. The lowest BCUT2D eigenvalue weighted by Crippen LogP contribution is -2.17. The summed E-state index contributed by atoms with van der Waals surface area (Å²) in [6.07, 6.45) is 1.30. The van der Waals surface area contributed by atoms with E-state index in [-0.39, 0.29) is 0 Å². The Kier molecular flexibility index (Phi) is 3.57. The zero-order chi connectivity index (χ0) is 10.7. The van der Waals surface area contributed by atoms with E-state index in [1.807, 2.05) is 11.8 Å². The van der Waals surface area contributed by atoms with E-state index in [0.717, 1.165) is 0 Å². The highest BCUT2D eigenvalue weighted by Crippen LogP contribution is 2.22. The summed E-state index contributed by atoms with van der Waals surface area (Å²) in [5.41, 5.74) is 2.69. The fourth-order valence-electron chi connectivity index (χ4n) is 1.85. The third-order valence-electron chi connectivity index (χ3n) is 2.88. The first-order chi connectivity index (χ1) is 7.25. The predicted molar refractivity (Wildman–Crippen MR) is 69.9 cm³/mol. The van der Waals surface area contributed by atoms with E-state index in [1.54, 1.807) is 0 Å². The minimum absolute atomic E-state index is 0.626. The molecule has 82 valence electrons. The Morgan fingerprint density at radius 3 is 2.53 bits per heavy atom. The molecule has 1 atom stereocenters. The lowest BCUT2D eigenvalue weighted by molar-refractivity contribution is 0.812. The molecule has 1 saturated heterocycles. The monoisotopic (exact) mass is 221 g/mol. The summed E-state index contributed by atoms with van der Waals surface area (Å²) in [6.45, 7) is 4.46. The maximum absolute atomic E-state index is 3.59. The molecule has 1 fully saturated rings. The summed E-state index contributed by atoms with van der Waals surface area (Å²) in [5, 5.41) is 3.59. The smallest absolute Gasteiger partial charge is 0.0359 e. The van der Waals surface area contributed by atoms with Crippen molar-refractivity contribution in [2.45, 2.75) is 32.2 Å². The molecule has 1 aromatic carbocycles. The van der Waals surface area contributed by atoms with Gasteiger partial charge in [0.1, 0.15) is 0 Å². The molecule has 0 bridgehead atoms. The molecule has 1 aliphatic rings. The van der Waals surface area contributed by atoms with Crippen molar-refractivity contribution in [2.75, 3.05) is 16.8 Å². The average molecular weight is 221 g/mol. The fraction of sp³-hybridized carbons (Fsp3) is 0.538. The summed E-state index contributed by atoms with van der Waals surface area (Å²) >= 11 is 2.05. The standard InChI is InChI=1S/C13H19NS/c1-10(2)11-3-5-12(6-4-11)14-13-7-8-15-9-13/h3-6,10,13-14H,7-9H2,1-2H3. The van der Waals surface area contributed by atoms with Crippen LogP contribution in [-0.4, -0.2) is 17.5 Å². The van der Waals surface area contributed by atoms with Crippen LogP contribution in [0.25, 0.3) is 0 Å². The lowest BCUT2D eigenvalue weighted by Gasteiger charge is -2.13. The fourth-order valence-corrected chi connectivity index (χ4v) is 3.00. The third-order valence-corrected chi connectivity index (χ3v) is 4.04. The van der Waals surface area contributed by atoms with Crippen molar-refractivity contribution in [3.63, 3.8) is 0 Å². The molecule has 1 aromatic rings. The van der Waals surface area contributed by atoms with E-state index in [2.05, 4.69) is 43.4 Å². The molecule has 0 aromatic heterocycles. The molecule has 0 amide bonds. The Morgan fingerprint density at radius 2 is 2.00 bits per heavy atom. The summed E-state index contributed by atoms with van der Waals surface area (Å²) in [6, 6.07) is 9.56. The highest BCUT2D eigenvalue weighted by Gasteiger charge is 2.14. The zero-order valence-electron chi connectivity index (χ0n) is 9.49. The number of benzene rings is 1. The van der Waals surface area contributed by atoms with Crippen molar-refractivity contribution in [2.24, 2.45) is 0 Å². The maximum atomic E-state index is 3.59. The van der Waals surface area contributed by atoms with E-state index >= 15 is 0 Å². The first kappa shape index (κ1) is 10.9. The molecule has 15 heavy (non-hydrogen) atoms. The molecular weight excluding hydrogens is 202 g/mol. The van der Waals surface area contributed by atoms with Gasteiger partial charge in [-0.05, 0) is 35.8 Å². The van der Waals surface area contributed by atoms with E-state index in [0.29, 0.717) is 12.0 Å². The largest absolute Gasteiger partial charge is 0.381 e. The average Bonchev–Trinajstić information content (AvgIpc) is 2.71. The van der Waals surface area contributed by atoms with Gasteiger partial charge in [-0.25, -0.2) is 0 Å². The zero-order valence-corrected chi connectivity index (χ0v) is 10.3. The Hall–Kier alpha value is -0.630. The van der Waals surface area contributed by atoms with Gasteiger partial charge >= 0.3 is 0 Å². The van der Waals surface area contributed by atoms with Gasteiger partial charge in [0.15, 0.2) is 0 Å². The molecule has 0 spiro atoms. The van der Waals surface area contributed by atoms with Crippen LogP contribution in [0.15, 0.2) is 24.3 Å². The number of hydrogen-bond donors (Lipinski definition) is 1. The van der Waals surface area contributed by atoms with Crippen LogP contribution in [0.5, 0.6) is 0 Å². The highest BCUT2D eigenvalue weighted by molar-refractivity contribution is 7.99. The van der Waals surface area contributed by atoms with Gasteiger partial charge in [-0.3, -0.25) is 0 Å². The van der Waals surface area contributed by atoms with Crippen molar-refractivity contribution in [3.8, 4) is 0 Å². The molecule has 1 N–H and O–H groups in total. The van der Waals surface area contributed by atoms with E-state index in [4.69, 9.17) is 0 Å². The maximum Gasteiger partial charge on any atom is 0.0359 e. The molecular formula is C13H19NS. The molecule has 0 radical (unpaired) electrons. The number of rotatable bonds is 3. The van der Waals surface area contributed by atoms with Crippen molar-refractivity contribution < 1.29 is 0 Å². The van der Waals surface area contributed by atoms with Gasteiger partial charge in [-0.15, -0.1) is 0 Å². The Bertz CT molecular complexity index is 299. The van der Waals surface area contributed by atoms with Crippen LogP contribution in [0.3, 0.4) is 0 Å². The number of anilines is 1. The van der Waals surface area contributed by atoms with Crippen LogP contribution in [0.4, 0.5) is 5.69 Å². The molecule has 0 aliphatic carbocycles. The number of thioether (sulfide) groups is 1. The van der Waals surface area contributed by atoms with Crippen molar-refractivity contribution in [1.82, 2.24) is 0 Å². The third kappa shape index (κ3) is 2.91. The molecule has 1 nitrogen and oxygen atoms in total. The van der Waals surface area contributed by atoms with Crippen molar-refractivity contribution in [1.29, 1.82) is 0 Å². The molecule has 1 unspecified atom stereocenters. The predicted octanol–water partition coefficient (Wildman–Crippen LogP) is 3.73. The van der Waals surface area contributed by atoms with Crippen LogP contribution in [0.2, 0.25) is 0 Å². The van der Waals surface area contributed by atoms with Crippen LogP contribution in [-0.2, 0) is 0 Å². The molecule has 0 saturated carbocycles. The van der Waals surface area contributed by atoms with Gasteiger partial charge in [-0.1, -0.05) is 26.0 Å². The first-order valence-corrected chi connectivity index (χ1v) is 6.85. The first-order valence-electron chi connectivity index (χ1n) is 5.70. The summed E-state index contributed by atoms with van der Waals surface area (Å²) in [4.78, 5) is 0. The Balaban J connectivity index is 1.97. The molecule has 1 aliphatic heterocycles. The minimum Gasteiger partial charge on any atom is -0.381 e. The van der Waals surface area contributed by atoms with Gasteiger partial charge in [0.2, 0.25) is 0 Å². The van der Waals surface area contributed by atoms with Crippen molar-refractivity contribution >= 4 is 17.4 Å². The van der Waals surface area contributed by atoms with E-state index in [9.17, 15) is 0 Å². The molecule has 2 heteroatoms.